The van der Waals surface area contributed by atoms with E-state index in [0.717, 1.165) is 5.56 Å². The molecule has 20 heavy (non-hydrogen) atoms. The highest BCUT2D eigenvalue weighted by Gasteiger charge is 2.11. The zero-order chi connectivity index (χ0) is 14.1. The van der Waals surface area contributed by atoms with Crippen molar-refractivity contribution in [3.8, 4) is 22.6 Å². The first-order chi connectivity index (χ1) is 9.70. The number of methoxy groups -OCH3 is 1. The van der Waals surface area contributed by atoms with Crippen LogP contribution in [-0.2, 0) is 0 Å². The van der Waals surface area contributed by atoms with Crippen molar-refractivity contribution >= 4 is 11.1 Å². The van der Waals surface area contributed by atoms with Crippen LogP contribution in [0, 0.1) is 0 Å². The van der Waals surface area contributed by atoms with Gasteiger partial charge in [-0.05, 0) is 29.3 Å². The highest BCUT2D eigenvalue weighted by atomic mass is 16.5. The number of aromatic nitrogens is 1. The summed E-state index contributed by atoms with van der Waals surface area (Å²) in [4.78, 5) is 16.1. The number of aromatic hydroxyl groups is 1. The number of hydrogen-bond acceptors (Lipinski definition) is 5. The SMILES string of the molecule is COc1cc(-c2ccnc3occc(=O)c23)ccc1O. The van der Waals surface area contributed by atoms with Gasteiger partial charge in [-0.1, -0.05) is 6.07 Å². The average molecular weight is 269 g/mol. The van der Waals surface area contributed by atoms with Crippen LogP contribution in [0.5, 0.6) is 11.5 Å². The summed E-state index contributed by atoms with van der Waals surface area (Å²) in [6, 6.07) is 7.97. The Morgan fingerprint density at radius 1 is 1.25 bits per heavy atom. The Bertz CT molecular complexity index is 833. The van der Waals surface area contributed by atoms with Gasteiger partial charge in [0.15, 0.2) is 16.9 Å². The minimum absolute atomic E-state index is 0.0432. The summed E-state index contributed by atoms with van der Waals surface area (Å²) in [6.07, 6.45) is 2.89. The lowest BCUT2D eigenvalue weighted by atomic mass is 10.0. The second kappa shape index (κ2) is 4.70. The summed E-state index contributed by atoms with van der Waals surface area (Å²) in [7, 11) is 1.47. The van der Waals surface area contributed by atoms with Crippen molar-refractivity contribution < 1.29 is 14.3 Å². The van der Waals surface area contributed by atoms with Gasteiger partial charge in [0.25, 0.3) is 0 Å². The molecule has 3 aromatic rings. The molecule has 0 fully saturated rings. The first-order valence-corrected chi connectivity index (χ1v) is 5.94. The van der Waals surface area contributed by atoms with E-state index in [1.165, 1.54) is 25.5 Å². The largest absolute Gasteiger partial charge is 0.504 e. The van der Waals surface area contributed by atoms with Gasteiger partial charge in [-0.25, -0.2) is 4.98 Å². The summed E-state index contributed by atoms with van der Waals surface area (Å²) in [5.74, 6) is 0.384. The maximum absolute atomic E-state index is 12.0. The Hall–Kier alpha value is -2.82. The fourth-order valence-electron chi connectivity index (χ4n) is 2.10. The number of fused-ring (bicyclic) bond motifs is 1. The Balaban J connectivity index is 2.32. The van der Waals surface area contributed by atoms with Crippen LogP contribution in [0.3, 0.4) is 0 Å². The number of hydrogen-bond donors (Lipinski definition) is 1. The summed E-state index contributed by atoms with van der Waals surface area (Å²) in [5.41, 5.74) is 1.54. The summed E-state index contributed by atoms with van der Waals surface area (Å²) >= 11 is 0. The van der Waals surface area contributed by atoms with E-state index in [0.29, 0.717) is 16.7 Å². The molecule has 0 saturated carbocycles. The van der Waals surface area contributed by atoms with Crippen LogP contribution in [0.25, 0.3) is 22.2 Å². The van der Waals surface area contributed by atoms with Gasteiger partial charge < -0.3 is 14.3 Å². The van der Waals surface area contributed by atoms with Gasteiger partial charge in [0.05, 0.1) is 18.8 Å². The molecular formula is C15H11NO4. The molecule has 5 heteroatoms. The monoisotopic (exact) mass is 269 g/mol. The lowest BCUT2D eigenvalue weighted by Gasteiger charge is -2.08. The first-order valence-electron chi connectivity index (χ1n) is 5.94. The zero-order valence-corrected chi connectivity index (χ0v) is 10.7. The molecule has 5 nitrogen and oxygen atoms in total. The third-order valence-corrected chi connectivity index (χ3v) is 3.05. The molecule has 0 bridgehead atoms. The molecule has 1 N–H and O–H groups in total. The minimum atomic E-state index is -0.165. The number of rotatable bonds is 2. The Morgan fingerprint density at radius 3 is 2.90 bits per heavy atom. The van der Waals surface area contributed by atoms with Gasteiger partial charge in [0.1, 0.15) is 0 Å². The van der Waals surface area contributed by atoms with Crippen molar-refractivity contribution in [1.29, 1.82) is 0 Å². The average Bonchev–Trinajstić information content (AvgIpc) is 2.47. The maximum atomic E-state index is 12.0. The van der Waals surface area contributed by atoms with Gasteiger partial charge in [-0.2, -0.15) is 0 Å². The van der Waals surface area contributed by atoms with Crippen LogP contribution >= 0.6 is 0 Å². The van der Waals surface area contributed by atoms with Crippen molar-refractivity contribution in [2.24, 2.45) is 0 Å². The molecule has 0 aliphatic carbocycles. The van der Waals surface area contributed by atoms with E-state index in [2.05, 4.69) is 4.98 Å². The number of phenols is 1. The standard InChI is InChI=1S/C15H11NO4/c1-19-13-8-9(2-3-11(13)17)10-4-6-16-15-14(10)12(18)5-7-20-15/h2-8,17H,1H3. The molecule has 0 amide bonds. The predicted molar refractivity (Wildman–Crippen MR) is 73.9 cm³/mol. The second-order valence-electron chi connectivity index (χ2n) is 4.21. The van der Waals surface area contributed by atoms with Crippen LogP contribution < -0.4 is 10.2 Å². The highest BCUT2D eigenvalue weighted by molar-refractivity contribution is 5.91. The molecule has 2 heterocycles. The van der Waals surface area contributed by atoms with Gasteiger partial charge in [0, 0.05) is 12.3 Å². The summed E-state index contributed by atoms with van der Waals surface area (Å²) in [5, 5.41) is 10.0. The van der Waals surface area contributed by atoms with Crippen LogP contribution in [-0.4, -0.2) is 17.2 Å². The second-order valence-corrected chi connectivity index (χ2v) is 4.21. The summed E-state index contributed by atoms with van der Waals surface area (Å²) < 4.78 is 10.3. The van der Waals surface area contributed by atoms with Crippen molar-refractivity contribution in [3.05, 3.63) is 53.0 Å². The van der Waals surface area contributed by atoms with Crippen molar-refractivity contribution in [3.63, 3.8) is 0 Å². The fraction of sp³-hybridized carbons (Fsp3) is 0.0667. The lowest BCUT2D eigenvalue weighted by Crippen LogP contribution is -2.01. The van der Waals surface area contributed by atoms with Gasteiger partial charge in [0.2, 0.25) is 5.71 Å². The Kier molecular flexibility index (Phi) is 2.87. The Morgan fingerprint density at radius 2 is 2.10 bits per heavy atom. The van der Waals surface area contributed by atoms with E-state index >= 15 is 0 Å². The Labute approximate surface area is 114 Å². The highest BCUT2D eigenvalue weighted by Crippen LogP contribution is 2.33. The topological polar surface area (TPSA) is 72.6 Å². The van der Waals surface area contributed by atoms with Crippen molar-refractivity contribution in [1.82, 2.24) is 4.98 Å². The number of phenolic OH excluding ortho intramolecular Hbond substituents is 1. The molecule has 0 aliphatic rings. The van der Waals surface area contributed by atoms with E-state index in [-0.39, 0.29) is 16.9 Å². The van der Waals surface area contributed by atoms with Crippen LogP contribution in [0.2, 0.25) is 0 Å². The molecule has 1 aromatic carbocycles. The third kappa shape index (κ3) is 1.89. The molecule has 2 aromatic heterocycles. The maximum Gasteiger partial charge on any atom is 0.230 e. The van der Waals surface area contributed by atoms with Gasteiger partial charge in [-0.15, -0.1) is 0 Å². The van der Waals surface area contributed by atoms with Crippen molar-refractivity contribution in [2.75, 3.05) is 7.11 Å². The zero-order valence-electron chi connectivity index (χ0n) is 10.7. The normalized spacial score (nSPS) is 10.7. The van der Waals surface area contributed by atoms with Gasteiger partial charge >= 0.3 is 0 Å². The first kappa shape index (κ1) is 12.2. The molecule has 0 spiro atoms. The minimum Gasteiger partial charge on any atom is -0.504 e. The summed E-state index contributed by atoms with van der Waals surface area (Å²) in [6.45, 7) is 0. The quantitative estimate of drug-likeness (QED) is 0.774. The van der Waals surface area contributed by atoms with E-state index < -0.39 is 0 Å². The molecule has 0 radical (unpaired) electrons. The predicted octanol–water partition coefficient (Wildman–Crippen LogP) is 2.57. The third-order valence-electron chi connectivity index (χ3n) is 3.05. The van der Waals surface area contributed by atoms with Crippen LogP contribution in [0.15, 0.2) is 52.0 Å². The molecule has 0 unspecified atom stereocenters. The molecule has 100 valence electrons. The van der Waals surface area contributed by atoms with Crippen LogP contribution in [0.1, 0.15) is 0 Å². The van der Waals surface area contributed by atoms with E-state index in [1.54, 1.807) is 24.4 Å². The van der Waals surface area contributed by atoms with E-state index in [9.17, 15) is 9.90 Å². The molecule has 0 atom stereocenters. The molecule has 0 aliphatic heterocycles. The number of ether oxygens (including phenoxy) is 1. The van der Waals surface area contributed by atoms with Gasteiger partial charge in [-0.3, -0.25) is 4.79 Å². The number of benzene rings is 1. The molecule has 0 saturated heterocycles. The van der Waals surface area contributed by atoms with E-state index in [1.807, 2.05) is 0 Å². The number of pyridine rings is 1. The fourth-order valence-corrected chi connectivity index (χ4v) is 2.10. The van der Waals surface area contributed by atoms with Crippen LogP contribution in [0.4, 0.5) is 0 Å². The van der Waals surface area contributed by atoms with Crippen molar-refractivity contribution in [2.45, 2.75) is 0 Å². The molecule has 3 rings (SSSR count). The lowest BCUT2D eigenvalue weighted by molar-refractivity contribution is 0.373. The smallest absolute Gasteiger partial charge is 0.230 e. The number of nitrogens with zero attached hydrogens (tertiary/aromatic N) is 1. The van der Waals surface area contributed by atoms with E-state index in [4.69, 9.17) is 9.15 Å². The molecular weight excluding hydrogens is 258 g/mol.